The maximum absolute atomic E-state index is 9.88. The number of hydrogen-bond donors (Lipinski definition) is 1. The summed E-state index contributed by atoms with van der Waals surface area (Å²) in [7, 11) is 0. The van der Waals surface area contributed by atoms with Crippen LogP contribution in [0.1, 0.15) is 43.7 Å². The number of phenolic OH excluding ortho intramolecular Hbond substituents is 1. The van der Waals surface area contributed by atoms with Gasteiger partial charge in [-0.3, -0.25) is 0 Å². The van der Waals surface area contributed by atoms with Gasteiger partial charge in [0.05, 0.1) is 0 Å². The second-order valence-corrected chi connectivity index (χ2v) is 7.20. The van der Waals surface area contributed by atoms with E-state index in [0.717, 1.165) is 13.0 Å². The lowest BCUT2D eigenvalue weighted by Crippen LogP contribution is -2.31. The molecule has 0 amide bonds. The summed E-state index contributed by atoms with van der Waals surface area (Å²) in [4.78, 5) is 2.61. The van der Waals surface area contributed by atoms with Crippen molar-refractivity contribution < 1.29 is 5.11 Å². The quantitative estimate of drug-likeness (QED) is 0.793. The summed E-state index contributed by atoms with van der Waals surface area (Å²) in [5.41, 5.74) is 2.97. The van der Waals surface area contributed by atoms with Gasteiger partial charge in [-0.05, 0) is 62.0 Å². The molecule has 0 spiro atoms. The Morgan fingerprint density at radius 3 is 2.67 bits per heavy atom. The summed E-state index contributed by atoms with van der Waals surface area (Å²) < 4.78 is 0. The van der Waals surface area contributed by atoms with E-state index in [9.17, 15) is 5.11 Å². The Kier molecular flexibility index (Phi) is 5.57. The SMILES string of the molecule is CCC[C@@]1(c2cccc(O)c2)CCN(CCCc2ccccc2)C1. The lowest BCUT2D eigenvalue weighted by Gasteiger charge is -2.30. The van der Waals surface area contributed by atoms with Crippen LogP contribution in [0.4, 0.5) is 0 Å². The fourth-order valence-corrected chi connectivity index (χ4v) is 4.20. The van der Waals surface area contributed by atoms with Crippen LogP contribution in [0.2, 0.25) is 0 Å². The highest BCUT2D eigenvalue weighted by Crippen LogP contribution is 2.39. The highest BCUT2D eigenvalue weighted by Gasteiger charge is 2.38. The molecule has 1 aliphatic heterocycles. The zero-order chi connectivity index (χ0) is 16.8. The van der Waals surface area contributed by atoms with E-state index >= 15 is 0 Å². The molecule has 1 aliphatic rings. The number of aryl methyl sites for hydroxylation is 1. The molecule has 0 aromatic heterocycles. The van der Waals surface area contributed by atoms with E-state index in [1.54, 1.807) is 6.07 Å². The molecule has 1 fully saturated rings. The first-order valence-corrected chi connectivity index (χ1v) is 9.28. The van der Waals surface area contributed by atoms with Crippen LogP contribution in [-0.4, -0.2) is 29.6 Å². The highest BCUT2D eigenvalue weighted by atomic mass is 16.3. The van der Waals surface area contributed by atoms with Gasteiger partial charge in [-0.2, -0.15) is 0 Å². The summed E-state index contributed by atoms with van der Waals surface area (Å²) >= 11 is 0. The molecule has 0 radical (unpaired) electrons. The van der Waals surface area contributed by atoms with E-state index < -0.39 is 0 Å². The van der Waals surface area contributed by atoms with Crippen molar-refractivity contribution >= 4 is 0 Å². The zero-order valence-electron chi connectivity index (χ0n) is 14.7. The molecule has 24 heavy (non-hydrogen) atoms. The Morgan fingerprint density at radius 2 is 1.92 bits per heavy atom. The summed E-state index contributed by atoms with van der Waals surface area (Å²) in [6.45, 7) is 5.73. The molecule has 1 N–H and O–H groups in total. The van der Waals surface area contributed by atoms with Gasteiger partial charge in [-0.25, -0.2) is 0 Å². The van der Waals surface area contributed by atoms with E-state index in [1.165, 1.54) is 49.9 Å². The molecule has 2 heteroatoms. The molecule has 3 rings (SSSR count). The Bertz CT molecular complexity index is 639. The standard InChI is InChI=1S/C22H29NO/c1-2-13-22(20-11-6-12-21(24)17-20)14-16-23(18-22)15-7-10-19-8-4-3-5-9-19/h3-6,8-9,11-12,17,24H,2,7,10,13-16,18H2,1H3/t22-/m1/s1. The molecular weight excluding hydrogens is 294 g/mol. The monoisotopic (exact) mass is 323 g/mol. The van der Waals surface area contributed by atoms with Gasteiger partial charge in [0.25, 0.3) is 0 Å². The van der Waals surface area contributed by atoms with Crippen LogP contribution in [0.15, 0.2) is 54.6 Å². The average molecular weight is 323 g/mol. The second kappa shape index (κ2) is 7.85. The summed E-state index contributed by atoms with van der Waals surface area (Å²) in [5, 5.41) is 9.88. The van der Waals surface area contributed by atoms with Crippen molar-refractivity contribution in [3.63, 3.8) is 0 Å². The van der Waals surface area contributed by atoms with Gasteiger partial charge < -0.3 is 10.0 Å². The third kappa shape index (κ3) is 3.99. The number of likely N-dealkylation sites (tertiary alicyclic amines) is 1. The summed E-state index contributed by atoms with van der Waals surface area (Å²) in [6.07, 6.45) is 5.96. The van der Waals surface area contributed by atoms with Gasteiger partial charge in [0, 0.05) is 12.0 Å². The van der Waals surface area contributed by atoms with Crippen molar-refractivity contribution in [2.24, 2.45) is 0 Å². The zero-order valence-corrected chi connectivity index (χ0v) is 14.7. The minimum absolute atomic E-state index is 0.222. The third-order valence-corrected chi connectivity index (χ3v) is 5.40. The van der Waals surface area contributed by atoms with Crippen molar-refractivity contribution in [1.29, 1.82) is 0 Å². The molecule has 2 nitrogen and oxygen atoms in total. The third-order valence-electron chi connectivity index (χ3n) is 5.40. The smallest absolute Gasteiger partial charge is 0.115 e. The first-order valence-electron chi connectivity index (χ1n) is 9.28. The van der Waals surface area contributed by atoms with Crippen LogP contribution < -0.4 is 0 Å². The van der Waals surface area contributed by atoms with Gasteiger partial charge in [-0.1, -0.05) is 55.8 Å². The van der Waals surface area contributed by atoms with Crippen LogP contribution in [0, 0.1) is 0 Å². The normalized spacial score (nSPS) is 21.2. The molecule has 2 aromatic carbocycles. The van der Waals surface area contributed by atoms with E-state index in [-0.39, 0.29) is 5.41 Å². The molecule has 0 saturated carbocycles. The van der Waals surface area contributed by atoms with Crippen LogP contribution in [0.25, 0.3) is 0 Å². The second-order valence-electron chi connectivity index (χ2n) is 7.20. The first-order chi connectivity index (χ1) is 11.7. The minimum Gasteiger partial charge on any atom is -0.508 e. The number of nitrogens with zero attached hydrogens (tertiary/aromatic N) is 1. The predicted octanol–water partition coefficient (Wildman–Crippen LogP) is 4.77. The van der Waals surface area contributed by atoms with E-state index in [1.807, 2.05) is 12.1 Å². The van der Waals surface area contributed by atoms with Crippen molar-refractivity contribution in [1.82, 2.24) is 4.90 Å². The minimum atomic E-state index is 0.222. The van der Waals surface area contributed by atoms with Gasteiger partial charge in [-0.15, -0.1) is 0 Å². The number of rotatable bonds is 7. The van der Waals surface area contributed by atoms with Crippen molar-refractivity contribution in [3.8, 4) is 5.75 Å². The number of benzene rings is 2. The molecule has 1 heterocycles. The van der Waals surface area contributed by atoms with Gasteiger partial charge in [0.1, 0.15) is 5.75 Å². The van der Waals surface area contributed by atoms with E-state index in [2.05, 4.69) is 48.2 Å². The van der Waals surface area contributed by atoms with Crippen molar-refractivity contribution in [2.45, 2.75) is 44.4 Å². The van der Waals surface area contributed by atoms with Gasteiger partial charge in [0.15, 0.2) is 0 Å². The van der Waals surface area contributed by atoms with E-state index in [4.69, 9.17) is 0 Å². The molecule has 0 bridgehead atoms. The van der Waals surface area contributed by atoms with Crippen LogP contribution >= 0.6 is 0 Å². The van der Waals surface area contributed by atoms with E-state index in [0.29, 0.717) is 5.75 Å². The maximum atomic E-state index is 9.88. The Labute approximate surface area is 146 Å². The highest BCUT2D eigenvalue weighted by molar-refractivity contribution is 5.34. The number of aromatic hydroxyl groups is 1. The Balaban J connectivity index is 1.60. The maximum Gasteiger partial charge on any atom is 0.115 e. The lowest BCUT2D eigenvalue weighted by atomic mass is 9.76. The predicted molar refractivity (Wildman–Crippen MR) is 101 cm³/mol. The Hall–Kier alpha value is -1.80. The lowest BCUT2D eigenvalue weighted by molar-refractivity contribution is 0.297. The molecule has 2 aromatic rings. The summed E-state index contributed by atoms with van der Waals surface area (Å²) in [5.74, 6) is 0.394. The topological polar surface area (TPSA) is 23.5 Å². The number of phenols is 1. The van der Waals surface area contributed by atoms with Gasteiger partial charge in [0.2, 0.25) is 0 Å². The molecule has 0 aliphatic carbocycles. The fraction of sp³-hybridized carbons (Fsp3) is 0.455. The summed E-state index contributed by atoms with van der Waals surface area (Å²) in [6, 6.07) is 18.7. The molecule has 0 unspecified atom stereocenters. The molecular formula is C22H29NO. The van der Waals surface area contributed by atoms with Crippen molar-refractivity contribution in [3.05, 3.63) is 65.7 Å². The van der Waals surface area contributed by atoms with Crippen LogP contribution in [0.3, 0.4) is 0 Å². The van der Waals surface area contributed by atoms with Crippen LogP contribution in [0.5, 0.6) is 5.75 Å². The average Bonchev–Trinajstić information content (AvgIpc) is 3.01. The fourth-order valence-electron chi connectivity index (χ4n) is 4.20. The molecule has 128 valence electrons. The molecule has 1 saturated heterocycles. The molecule has 1 atom stereocenters. The first kappa shape index (κ1) is 17.0. The number of hydrogen-bond acceptors (Lipinski definition) is 2. The largest absolute Gasteiger partial charge is 0.508 e. The van der Waals surface area contributed by atoms with Crippen LogP contribution in [-0.2, 0) is 11.8 Å². The van der Waals surface area contributed by atoms with Gasteiger partial charge >= 0.3 is 0 Å². The Morgan fingerprint density at radius 1 is 1.08 bits per heavy atom. The van der Waals surface area contributed by atoms with Crippen molar-refractivity contribution in [2.75, 3.05) is 19.6 Å².